The Morgan fingerprint density at radius 1 is 0.688 bits per heavy atom. The van der Waals surface area contributed by atoms with E-state index < -0.39 is 17.5 Å². The van der Waals surface area contributed by atoms with Crippen LogP contribution in [0.4, 0.5) is 0 Å². The van der Waals surface area contributed by atoms with Crippen LogP contribution < -0.4 is 0 Å². The van der Waals surface area contributed by atoms with Gasteiger partial charge in [0.15, 0.2) is 0 Å². The molecule has 0 bridgehead atoms. The van der Waals surface area contributed by atoms with Gasteiger partial charge in [-0.15, -0.1) is 0 Å². The smallest absolute Gasteiger partial charge is 0.338 e. The maximum atomic E-state index is 12.3. The summed E-state index contributed by atoms with van der Waals surface area (Å²) < 4.78 is 16.3. The van der Waals surface area contributed by atoms with Gasteiger partial charge in [0.1, 0.15) is 18.8 Å². The summed E-state index contributed by atoms with van der Waals surface area (Å²) in [6.07, 6.45) is 0.115. The largest absolute Gasteiger partial charge is 0.459 e. The minimum absolute atomic E-state index is 0.115. The van der Waals surface area contributed by atoms with Crippen LogP contribution in [-0.2, 0) is 20.8 Å². The SMILES string of the molecule is O=C(OCC(O)(CCOCc1ccccc1)COC(=O)c1ccccc1)c1ccccc1. The van der Waals surface area contributed by atoms with E-state index in [9.17, 15) is 14.7 Å². The summed E-state index contributed by atoms with van der Waals surface area (Å²) in [4.78, 5) is 24.6. The van der Waals surface area contributed by atoms with E-state index >= 15 is 0 Å². The van der Waals surface area contributed by atoms with Gasteiger partial charge in [0.2, 0.25) is 0 Å². The van der Waals surface area contributed by atoms with Crippen LogP contribution in [0.5, 0.6) is 0 Å². The van der Waals surface area contributed by atoms with Crippen molar-refractivity contribution in [1.82, 2.24) is 0 Å². The Kier molecular flexibility index (Phi) is 8.54. The number of aliphatic hydroxyl groups is 1. The van der Waals surface area contributed by atoms with E-state index in [0.717, 1.165) is 5.56 Å². The molecule has 166 valence electrons. The van der Waals surface area contributed by atoms with Crippen LogP contribution in [0.25, 0.3) is 0 Å². The van der Waals surface area contributed by atoms with Gasteiger partial charge in [0.25, 0.3) is 0 Å². The Morgan fingerprint density at radius 2 is 1.12 bits per heavy atom. The first-order valence-corrected chi connectivity index (χ1v) is 10.3. The predicted molar refractivity (Wildman–Crippen MR) is 119 cm³/mol. The van der Waals surface area contributed by atoms with Crippen molar-refractivity contribution in [3.63, 3.8) is 0 Å². The number of carbonyl (C=O) groups excluding carboxylic acids is 2. The van der Waals surface area contributed by atoms with Gasteiger partial charge in [0, 0.05) is 6.42 Å². The van der Waals surface area contributed by atoms with E-state index in [0.29, 0.717) is 17.7 Å². The number of hydrogen-bond acceptors (Lipinski definition) is 6. The third kappa shape index (κ3) is 7.34. The fourth-order valence-electron chi connectivity index (χ4n) is 2.93. The molecule has 0 unspecified atom stereocenters. The van der Waals surface area contributed by atoms with E-state index in [-0.39, 0.29) is 26.2 Å². The molecule has 3 aromatic rings. The van der Waals surface area contributed by atoms with Gasteiger partial charge in [0.05, 0.1) is 24.3 Å². The highest BCUT2D eigenvalue weighted by Gasteiger charge is 2.31. The highest BCUT2D eigenvalue weighted by Crippen LogP contribution is 2.16. The lowest BCUT2D eigenvalue weighted by Crippen LogP contribution is -2.42. The predicted octanol–water partition coefficient (Wildman–Crippen LogP) is 4.04. The fourth-order valence-corrected chi connectivity index (χ4v) is 2.93. The zero-order valence-electron chi connectivity index (χ0n) is 17.7. The average Bonchev–Trinajstić information content (AvgIpc) is 2.85. The second-order valence-electron chi connectivity index (χ2n) is 7.40. The van der Waals surface area contributed by atoms with E-state index in [2.05, 4.69) is 0 Å². The van der Waals surface area contributed by atoms with Crippen molar-refractivity contribution in [3.05, 3.63) is 108 Å². The second-order valence-corrected chi connectivity index (χ2v) is 7.40. The Morgan fingerprint density at radius 3 is 1.59 bits per heavy atom. The van der Waals surface area contributed by atoms with Gasteiger partial charge in [-0.05, 0) is 29.8 Å². The van der Waals surface area contributed by atoms with Gasteiger partial charge in [-0.2, -0.15) is 0 Å². The maximum absolute atomic E-state index is 12.3. The summed E-state index contributed by atoms with van der Waals surface area (Å²) in [5.74, 6) is -1.13. The van der Waals surface area contributed by atoms with E-state index in [1.165, 1.54) is 0 Å². The molecular formula is C26H26O6. The molecule has 6 heteroatoms. The first kappa shape index (κ1) is 23.2. The van der Waals surface area contributed by atoms with Gasteiger partial charge >= 0.3 is 11.9 Å². The molecule has 0 aliphatic heterocycles. The summed E-state index contributed by atoms with van der Waals surface area (Å²) in [5, 5.41) is 11.1. The summed E-state index contributed by atoms with van der Waals surface area (Å²) >= 11 is 0. The van der Waals surface area contributed by atoms with Crippen LogP contribution in [0.2, 0.25) is 0 Å². The Hall–Kier alpha value is -3.48. The number of esters is 2. The fraction of sp³-hybridized carbons (Fsp3) is 0.231. The molecule has 6 nitrogen and oxygen atoms in total. The van der Waals surface area contributed by atoms with Crippen molar-refractivity contribution >= 4 is 11.9 Å². The summed E-state index contributed by atoms with van der Waals surface area (Å²) in [7, 11) is 0. The molecule has 0 saturated heterocycles. The quantitative estimate of drug-likeness (QED) is 0.362. The van der Waals surface area contributed by atoms with Gasteiger partial charge in [-0.3, -0.25) is 0 Å². The zero-order chi connectivity index (χ0) is 22.7. The van der Waals surface area contributed by atoms with Crippen LogP contribution in [-0.4, -0.2) is 42.5 Å². The van der Waals surface area contributed by atoms with Crippen LogP contribution in [0.1, 0.15) is 32.7 Å². The van der Waals surface area contributed by atoms with Crippen molar-refractivity contribution in [3.8, 4) is 0 Å². The van der Waals surface area contributed by atoms with E-state index in [1.54, 1.807) is 60.7 Å². The number of carbonyl (C=O) groups is 2. The molecule has 0 radical (unpaired) electrons. The number of benzene rings is 3. The lowest BCUT2D eigenvalue weighted by atomic mass is 10.0. The monoisotopic (exact) mass is 434 g/mol. The molecule has 0 saturated carbocycles. The molecule has 0 amide bonds. The standard InChI is InChI=1S/C26H26O6/c27-24(22-12-6-2-7-13-22)31-19-26(29,16-17-30-18-21-10-4-1-5-11-21)20-32-25(28)23-14-8-3-9-15-23/h1-15,29H,16-20H2. The van der Waals surface area contributed by atoms with Crippen LogP contribution in [0, 0.1) is 0 Å². The topological polar surface area (TPSA) is 82.1 Å². The lowest BCUT2D eigenvalue weighted by molar-refractivity contribution is -0.0863. The minimum Gasteiger partial charge on any atom is -0.459 e. The average molecular weight is 434 g/mol. The Balaban J connectivity index is 1.57. The molecule has 0 spiro atoms. The molecule has 3 rings (SSSR count). The number of rotatable bonds is 11. The molecule has 0 atom stereocenters. The Bertz CT molecular complexity index is 917. The first-order chi connectivity index (χ1) is 15.6. The molecule has 0 aliphatic rings. The van der Waals surface area contributed by atoms with Gasteiger partial charge in [-0.25, -0.2) is 9.59 Å². The lowest BCUT2D eigenvalue weighted by Gasteiger charge is -2.27. The van der Waals surface area contributed by atoms with Crippen molar-refractivity contribution in [2.75, 3.05) is 19.8 Å². The molecule has 0 heterocycles. The van der Waals surface area contributed by atoms with Crippen LogP contribution >= 0.6 is 0 Å². The summed E-state index contributed by atoms with van der Waals surface area (Å²) in [5.41, 5.74) is 0.154. The van der Waals surface area contributed by atoms with E-state index in [1.807, 2.05) is 30.3 Å². The zero-order valence-corrected chi connectivity index (χ0v) is 17.7. The number of hydrogen-bond donors (Lipinski definition) is 1. The third-order valence-corrected chi connectivity index (χ3v) is 4.79. The van der Waals surface area contributed by atoms with Crippen molar-refractivity contribution in [2.24, 2.45) is 0 Å². The normalized spacial score (nSPS) is 11.0. The maximum Gasteiger partial charge on any atom is 0.338 e. The molecular weight excluding hydrogens is 408 g/mol. The molecule has 0 aromatic heterocycles. The molecule has 0 fully saturated rings. The van der Waals surface area contributed by atoms with Gasteiger partial charge < -0.3 is 19.3 Å². The van der Waals surface area contributed by atoms with Crippen molar-refractivity contribution < 1.29 is 28.9 Å². The van der Waals surface area contributed by atoms with E-state index in [4.69, 9.17) is 14.2 Å². The minimum atomic E-state index is -1.59. The summed E-state index contributed by atoms with van der Waals surface area (Å²) in [6, 6.07) is 26.6. The highest BCUT2D eigenvalue weighted by molar-refractivity contribution is 5.89. The third-order valence-electron chi connectivity index (χ3n) is 4.79. The first-order valence-electron chi connectivity index (χ1n) is 10.3. The molecule has 1 N–H and O–H groups in total. The molecule has 32 heavy (non-hydrogen) atoms. The summed E-state index contributed by atoms with van der Waals surface area (Å²) in [6.45, 7) is -0.101. The molecule has 3 aromatic carbocycles. The van der Waals surface area contributed by atoms with Gasteiger partial charge in [-0.1, -0.05) is 66.7 Å². The number of ether oxygens (including phenoxy) is 3. The second kappa shape index (κ2) is 11.8. The molecule has 0 aliphatic carbocycles. The Labute approximate surface area is 187 Å². The van der Waals surface area contributed by atoms with Crippen molar-refractivity contribution in [1.29, 1.82) is 0 Å². The highest BCUT2D eigenvalue weighted by atomic mass is 16.6. The van der Waals surface area contributed by atoms with Crippen LogP contribution in [0.15, 0.2) is 91.0 Å². The van der Waals surface area contributed by atoms with Crippen LogP contribution in [0.3, 0.4) is 0 Å². The van der Waals surface area contributed by atoms with Crippen molar-refractivity contribution in [2.45, 2.75) is 18.6 Å².